The maximum absolute atomic E-state index is 13.2. The number of hydrogen-bond donors (Lipinski definition) is 1. The average molecular weight is 426 g/mol. The van der Waals surface area contributed by atoms with Gasteiger partial charge in [-0.3, -0.25) is 4.79 Å². The fourth-order valence-corrected chi connectivity index (χ4v) is 5.01. The van der Waals surface area contributed by atoms with E-state index in [9.17, 15) is 9.59 Å². The van der Waals surface area contributed by atoms with Gasteiger partial charge >= 0.3 is 6.09 Å². The second-order valence-electron chi connectivity index (χ2n) is 10.2. The van der Waals surface area contributed by atoms with Crippen LogP contribution in [0.4, 0.5) is 4.79 Å². The van der Waals surface area contributed by atoms with Gasteiger partial charge in [0.2, 0.25) is 5.91 Å². The van der Waals surface area contributed by atoms with Crippen LogP contribution in [0.3, 0.4) is 0 Å². The van der Waals surface area contributed by atoms with Gasteiger partial charge < -0.3 is 19.5 Å². The molecular formula is C25H35N3O3. The molecule has 1 N–H and O–H groups in total. The number of aromatic nitrogens is 1. The number of para-hydroxylation sites is 1. The lowest BCUT2D eigenvalue weighted by molar-refractivity contribution is -0.137. The number of aromatic amines is 1. The summed E-state index contributed by atoms with van der Waals surface area (Å²) in [5, 5.41) is 1.24. The minimum Gasteiger partial charge on any atom is -0.444 e. The van der Waals surface area contributed by atoms with Crippen molar-refractivity contribution in [2.24, 2.45) is 11.8 Å². The maximum Gasteiger partial charge on any atom is 0.410 e. The molecule has 0 spiro atoms. The lowest BCUT2D eigenvalue weighted by atomic mass is 9.81. The highest BCUT2D eigenvalue weighted by Gasteiger charge is 2.33. The molecule has 1 aromatic carbocycles. The van der Waals surface area contributed by atoms with Crippen LogP contribution in [-0.2, 0) is 22.5 Å². The Morgan fingerprint density at radius 3 is 2.58 bits per heavy atom. The van der Waals surface area contributed by atoms with Gasteiger partial charge in [0, 0.05) is 61.2 Å². The average Bonchev–Trinajstić information content (AvgIpc) is 3.10. The summed E-state index contributed by atoms with van der Waals surface area (Å²) in [7, 11) is 1.80. The Hall–Kier alpha value is -2.50. The van der Waals surface area contributed by atoms with Crippen LogP contribution in [0.15, 0.2) is 24.3 Å². The smallest absolute Gasteiger partial charge is 0.410 e. The standard InChI is InChI=1S/C25H35N3O3/c1-25(2,3)31-24(30)27(4)15-17-9-11-18(12-10-17)23(29)28-14-13-22-20(16-28)19-7-5-6-8-21(19)26-22/h5-8,17-18,26H,9-16H2,1-4H3. The number of nitrogens with zero attached hydrogens (tertiary/aromatic N) is 2. The Kier molecular flexibility index (Phi) is 6.00. The molecule has 4 rings (SSSR count). The first-order chi connectivity index (χ1) is 14.7. The Bertz CT molecular complexity index is 951. The summed E-state index contributed by atoms with van der Waals surface area (Å²) >= 11 is 0. The minimum absolute atomic E-state index is 0.106. The largest absolute Gasteiger partial charge is 0.444 e. The van der Waals surface area contributed by atoms with E-state index in [-0.39, 0.29) is 12.0 Å². The van der Waals surface area contributed by atoms with E-state index >= 15 is 0 Å². The second kappa shape index (κ2) is 8.56. The Morgan fingerprint density at radius 1 is 1.16 bits per heavy atom. The zero-order valence-corrected chi connectivity index (χ0v) is 19.2. The molecule has 6 nitrogen and oxygen atoms in total. The zero-order chi connectivity index (χ0) is 22.2. The van der Waals surface area contributed by atoms with Crippen LogP contribution in [0, 0.1) is 11.8 Å². The fourth-order valence-electron chi connectivity index (χ4n) is 5.01. The molecule has 1 fully saturated rings. The van der Waals surface area contributed by atoms with Gasteiger partial charge in [0.05, 0.1) is 0 Å². The first-order valence-electron chi connectivity index (χ1n) is 11.5. The van der Waals surface area contributed by atoms with Crippen molar-refractivity contribution in [2.75, 3.05) is 20.1 Å². The number of benzene rings is 1. The van der Waals surface area contributed by atoms with Gasteiger partial charge in [-0.2, -0.15) is 0 Å². The van der Waals surface area contributed by atoms with Crippen LogP contribution in [0.5, 0.6) is 0 Å². The number of fused-ring (bicyclic) bond motifs is 3. The van der Waals surface area contributed by atoms with E-state index in [4.69, 9.17) is 4.74 Å². The molecule has 1 saturated carbocycles. The third-order valence-electron chi connectivity index (χ3n) is 6.63. The van der Waals surface area contributed by atoms with Crippen molar-refractivity contribution in [1.29, 1.82) is 0 Å². The Balaban J connectivity index is 1.30. The Labute approximate surface area is 184 Å². The van der Waals surface area contributed by atoms with E-state index in [1.807, 2.05) is 26.8 Å². The molecule has 0 saturated heterocycles. The molecule has 168 valence electrons. The molecule has 0 radical (unpaired) electrons. The van der Waals surface area contributed by atoms with E-state index in [0.29, 0.717) is 24.9 Å². The topological polar surface area (TPSA) is 65.6 Å². The molecule has 1 aromatic heterocycles. The molecule has 0 unspecified atom stereocenters. The number of ether oxygens (including phenoxy) is 1. The molecule has 2 heterocycles. The summed E-state index contributed by atoms with van der Waals surface area (Å²) < 4.78 is 5.46. The van der Waals surface area contributed by atoms with Gasteiger partial charge in [-0.15, -0.1) is 0 Å². The predicted molar refractivity (Wildman–Crippen MR) is 122 cm³/mol. The highest BCUT2D eigenvalue weighted by Crippen LogP contribution is 2.33. The number of carbonyl (C=O) groups is 2. The van der Waals surface area contributed by atoms with Crippen molar-refractivity contribution in [3.8, 4) is 0 Å². The first kappa shape index (κ1) is 21.7. The van der Waals surface area contributed by atoms with Gasteiger partial charge in [0.25, 0.3) is 0 Å². The van der Waals surface area contributed by atoms with Gasteiger partial charge in [0.1, 0.15) is 5.60 Å². The number of carbonyl (C=O) groups excluding carboxylic acids is 2. The van der Waals surface area contributed by atoms with Crippen molar-refractivity contribution < 1.29 is 14.3 Å². The van der Waals surface area contributed by atoms with E-state index in [2.05, 4.69) is 28.1 Å². The van der Waals surface area contributed by atoms with Gasteiger partial charge in [0.15, 0.2) is 0 Å². The van der Waals surface area contributed by atoms with Crippen LogP contribution in [0.25, 0.3) is 10.9 Å². The lowest BCUT2D eigenvalue weighted by Gasteiger charge is -2.35. The van der Waals surface area contributed by atoms with E-state index in [1.54, 1.807) is 11.9 Å². The Morgan fingerprint density at radius 2 is 1.87 bits per heavy atom. The second-order valence-corrected chi connectivity index (χ2v) is 10.2. The summed E-state index contributed by atoms with van der Waals surface area (Å²) in [6.45, 7) is 7.85. The number of rotatable bonds is 3. The highest BCUT2D eigenvalue weighted by molar-refractivity contribution is 5.86. The van der Waals surface area contributed by atoms with Crippen LogP contribution >= 0.6 is 0 Å². The molecular weight excluding hydrogens is 390 g/mol. The highest BCUT2D eigenvalue weighted by atomic mass is 16.6. The van der Waals surface area contributed by atoms with Crippen LogP contribution in [0.1, 0.15) is 57.7 Å². The summed E-state index contributed by atoms with van der Waals surface area (Å²) in [6.07, 6.45) is 4.40. The van der Waals surface area contributed by atoms with Crippen LogP contribution in [0.2, 0.25) is 0 Å². The van der Waals surface area contributed by atoms with Gasteiger partial charge in [-0.25, -0.2) is 4.79 Å². The summed E-state index contributed by atoms with van der Waals surface area (Å²) in [5.74, 6) is 0.841. The van der Waals surface area contributed by atoms with E-state index in [1.165, 1.54) is 16.6 Å². The number of hydrogen-bond acceptors (Lipinski definition) is 3. The van der Waals surface area contributed by atoms with Gasteiger partial charge in [-0.05, 0) is 58.4 Å². The van der Waals surface area contributed by atoms with Crippen LogP contribution in [-0.4, -0.2) is 52.5 Å². The number of H-pyrrole nitrogens is 1. The van der Waals surface area contributed by atoms with Crippen molar-refractivity contribution in [1.82, 2.24) is 14.8 Å². The predicted octanol–water partition coefficient (Wildman–Crippen LogP) is 4.73. The fraction of sp³-hybridized carbons (Fsp3) is 0.600. The molecule has 0 atom stereocenters. The van der Waals surface area contributed by atoms with Crippen molar-refractivity contribution in [3.05, 3.63) is 35.5 Å². The molecule has 0 bridgehead atoms. The summed E-state index contributed by atoms with van der Waals surface area (Å²) in [6, 6.07) is 8.36. The minimum atomic E-state index is -0.478. The lowest BCUT2D eigenvalue weighted by Crippen LogP contribution is -2.42. The molecule has 6 heteroatoms. The molecule has 31 heavy (non-hydrogen) atoms. The molecule has 1 aliphatic carbocycles. The SMILES string of the molecule is CN(CC1CCC(C(=O)N2CCc3[nH]c4ccccc4c3C2)CC1)C(=O)OC(C)(C)C. The third kappa shape index (κ3) is 4.89. The normalized spacial score (nSPS) is 21.6. The van der Waals surface area contributed by atoms with E-state index in [0.717, 1.165) is 44.2 Å². The quantitative estimate of drug-likeness (QED) is 0.773. The monoisotopic (exact) mass is 425 g/mol. The number of amides is 2. The zero-order valence-electron chi connectivity index (χ0n) is 19.2. The van der Waals surface area contributed by atoms with E-state index < -0.39 is 5.60 Å². The van der Waals surface area contributed by atoms with Crippen molar-refractivity contribution >= 4 is 22.9 Å². The molecule has 1 aliphatic heterocycles. The molecule has 2 aromatic rings. The third-order valence-corrected chi connectivity index (χ3v) is 6.63. The number of nitrogens with one attached hydrogen (secondary N) is 1. The molecule has 2 aliphatic rings. The van der Waals surface area contributed by atoms with Crippen LogP contribution < -0.4 is 0 Å². The van der Waals surface area contributed by atoms with Gasteiger partial charge in [-0.1, -0.05) is 18.2 Å². The molecule has 2 amide bonds. The first-order valence-corrected chi connectivity index (χ1v) is 11.5. The van der Waals surface area contributed by atoms with Crippen molar-refractivity contribution in [3.63, 3.8) is 0 Å². The maximum atomic E-state index is 13.2. The van der Waals surface area contributed by atoms with Crippen molar-refractivity contribution in [2.45, 2.75) is 65.0 Å². The summed E-state index contributed by atoms with van der Waals surface area (Å²) in [5.41, 5.74) is 3.24. The summed E-state index contributed by atoms with van der Waals surface area (Å²) in [4.78, 5) is 32.7.